The van der Waals surface area contributed by atoms with Gasteiger partial charge in [0, 0.05) is 13.2 Å². The van der Waals surface area contributed by atoms with Gasteiger partial charge in [0.25, 0.3) is 0 Å². The summed E-state index contributed by atoms with van der Waals surface area (Å²) < 4.78 is 11.3. The van der Waals surface area contributed by atoms with Crippen molar-refractivity contribution in [3.05, 3.63) is 0 Å². The van der Waals surface area contributed by atoms with Gasteiger partial charge in [0.05, 0.1) is 9.52 Å². The van der Waals surface area contributed by atoms with E-state index in [1.807, 2.05) is 13.8 Å². The molecule has 0 aliphatic heterocycles. The van der Waals surface area contributed by atoms with Gasteiger partial charge in [-0.1, -0.05) is 25.8 Å². The molecule has 0 spiro atoms. The van der Waals surface area contributed by atoms with Gasteiger partial charge < -0.3 is 9.47 Å². The maximum absolute atomic E-state index is 5.66. The SMILES string of the molecule is CCCC[SiH2]C(C)(OCC)OCC. The van der Waals surface area contributed by atoms with Gasteiger partial charge in [0.1, 0.15) is 5.41 Å². The molecule has 0 rings (SSSR count). The Balaban J connectivity index is 3.76. The molecule has 0 radical (unpaired) electrons. The van der Waals surface area contributed by atoms with Gasteiger partial charge >= 0.3 is 0 Å². The normalized spacial score (nSPS) is 12.9. The first kappa shape index (κ1) is 13.1. The predicted octanol–water partition coefficient (Wildman–Crippen LogP) is 2.12. The Morgan fingerprint density at radius 1 is 1.08 bits per heavy atom. The van der Waals surface area contributed by atoms with Crippen molar-refractivity contribution in [3.8, 4) is 0 Å². The molecule has 0 saturated heterocycles. The molecule has 0 aromatic rings. The topological polar surface area (TPSA) is 18.5 Å². The maximum atomic E-state index is 5.66. The second-order valence-electron chi connectivity index (χ2n) is 3.46. The van der Waals surface area contributed by atoms with Crippen molar-refractivity contribution in [2.24, 2.45) is 0 Å². The van der Waals surface area contributed by atoms with Crippen LogP contribution >= 0.6 is 0 Å². The minimum absolute atomic E-state index is 0.210. The summed E-state index contributed by atoms with van der Waals surface area (Å²) in [6, 6.07) is 1.33. The largest absolute Gasteiger partial charge is 0.355 e. The third-order valence-electron chi connectivity index (χ3n) is 2.13. The lowest BCUT2D eigenvalue weighted by molar-refractivity contribution is -0.163. The van der Waals surface area contributed by atoms with E-state index in [1.54, 1.807) is 0 Å². The summed E-state index contributed by atoms with van der Waals surface area (Å²) >= 11 is 0. The zero-order valence-corrected chi connectivity index (χ0v) is 11.0. The van der Waals surface area contributed by atoms with E-state index in [9.17, 15) is 0 Å². The van der Waals surface area contributed by atoms with E-state index in [2.05, 4.69) is 13.8 Å². The number of rotatable bonds is 8. The van der Waals surface area contributed by atoms with Crippen molar-refractivity contribution in [2.45, 2.75) is 52.0 Å². The van der Waals surface area contributed by atoms with E-state index in [0.717, 1.165) is 13.2 Å². The minimum atomic E-state index is -0.249. The van der Waals surface area contributed by atoms with Crippen molar-refractivity contribution in [3.63, 3.8) is 0 Å². The average Bonchev–Trinajstić information content (AvgIpc) is 2.05. The minimum Gasteiger partial charge on any atom is -0.355 e. The summed E-state index contributed by atoms with van der Waals surface area (Å²) in [5.41, 5.74) is -0.210. The van der Waals surface area contributed by atoms with Gasteiger partial charge in [-0.2, -0.15) is 0 Å². The molecule has 0 heterocycles. The molecule has 0 aliphatic rings. The van der Waals surface area contributed by atoms with Crippen LogP contribution in [-0.2, 0) is 9.47 Å². The lowest BCUT2D eigenvalue weighted by Crippen LogP contribution is -2.39. The van der Waals surface area contributed by atoms with Crippen LogP contribution in [0.2, 0.25) is 6.04 Å². The summed E-state index contributed by atoms with van der Waals surface area (Å²) in [6.07, 6.45) is 2.60. The van der Waals surface area contributed by atoms with Gasteiger partial charge in [-0.15, -0.1) is 0 Å². The molecule has 2 nitrogen and oxygen atoms in total. The van der Waals surface area contributed by atoms with Crippen LogP contribution in [-0.4, -0.2) is 28.1 Å². The zero-order valence-electron chi connectivity index (χ0n) is 9.56. The lowest BCUT2D eigenvalue weighted by atomic mass is 10.4. The first-order valence-corrected chi connectivity index (χ1v) is 7.17. The van der Waals surface area contributed by atoms with E-state index in [4.69, 9.17) is 9.47 Å². The van der Waals surface area contributed by atoms with E-state index < -0.39 is 0 Å². The highest BCUT2D eigenvalue weighted by molar-refractivity contribution is 6.38. The van der Waals surface area contributed by atoms with E-state index in [1.165, 1.54) is 18.9 Å². The molecular formula is C10H24O2Si. The molecule has 0 atom stereocenters. The fourth-order valence-corrected chi connectivity index (χ4v) is 3.58. The first-order valence-electron chi connectivity index (χ1n) is 5.46. The van der Waals surface area contributed by atoms with Gasteiger partial charge in [0.2, 0.25) is 0 Å². The third-order valence-corrected chi connectivity index (χ3v) is 4.30. The molecule has 0 unspecified atom stereocenters. The highest BCUT2D eigenvalue weighted by Crippen LogP contribution is 2.13. The molecule has 0 saturated carbocycles. The fourth-order valence-electron chi connectivity index (χ4n) is 1.49. The summed E-state index contributed by atoms with van der Waals surface area (Å²) in [5.74, 6) is 0. The van der Waals surface area contributed by atoms with Gasteiger partial charge in [-0.3, -0.25) is 0 Å². The van der Waals surface area contributed by atoms with Crippen LogP contribution in [0.4, 0.5) is 0 Å². The van der Waals surface area contributed by atoms with Crippen LogP contribution < -0.4 is 0 Å². The van der Waals surface area contributed by atoms with Crippen LogP contribution in [0, 0.1) is 0 Å². The highest BCUT2D eigenvalue weighted by atomic mass is 28.2. The smallest absolute Gasteiger partial charge is 0.142 e. The van der Waals surface area contributed by atoms with Crippen molar-refractivity contribution in [2.75, 3.05) is 13.2 Å². The molecule has 0 fully saturated rings. The Kier molecular flexibility index (Phi) is 7.61. The Labute approximate surface area is 84.8 Å². The molecule has 3 heteroatoms. The zero-order chi connectivity index (χ0) is 10.2. The van der Waals surface area contributed by atoms with Gasteiger partial charge in [0.15, 0.2) is 0 Å². The van der Waals surface area contributed by atoms with Crippen LogP contribution in [0.5, 0.6) is 0 Å². The molecule has 80 valence electrons. The third kappa shape index (κ3) is 6.24. The molecule has 0 aliphatic carbocycles. The second kappa shape index (κ2) is 7.53. The van der Waals surface area contributed by atoms with Crippen LogP contribution in [0.15, 0.2) is 0 Å². The molecule has 0 bridgehead atoms. The summed E-state index contributed by atoms with van der Waals surface area (Å²) in [5, 5.41) is 0. The maximum Gasteiger partial charge on any atom is 0.142 e. The lowest BCUT2D eigenvalue weighted by Gasteiger charge is -2.29. The van der Waals surface area contributed by atoms with Gasteiger partial charge in [-0.05, 0) is 20.8 Å². The van der Waals surface area contributed by atoms with Gasteiger partial charge in [-0.25, -0.2) is 0 Å². The van der Waals surface area contributed by atoms with Crippen molar-refractivity contribution < 1.29 is 9.47 Å². The number of hydrogen-bond acceptors (Lipinski definition) is 2. The molecule has 13 heavy (non-hydrogen) atoms. The van der Waals surface area contributed by atoms with E-state index in [-0.39, 0.29) is 14.9 Å². The summed E-state index contributed by atoms with van der Waals surface area (Å²) in [6.45, 7) is 9.91. The molecular weight excluding hydrogens is 180 g/mol. The number of hydrogen-bond donors (Lipinski definition) is 0. The van der Waals surface area contributed by atoms with E-state index >= 15 is 0 Å². The van der Waals surface area contributed by atoms with Crippen LogP contribution in [0.25, 0.3) is 0 Å². The van der Waals surface area contributed by atoms with Crippen LogP contribution in [0.3, 0.4) is 0 Å². The molecule has 0 N–H and O–H groups in total. The monoisotopic (exact) mass is 204 g/mol. The first-order chi connectivity index (χ1) is 6.18. The van der Waals surface area contributed by atoms with Crippen molar-refractivity contribution >= 4 is 9.52 Å². The van der Waals surface area contributed by atoms with Crippen molar-refractivity contribution in [1.29, 1.82) is 0 Å². The molecule has 0 aromatic heterocycles. The average molecular weight is 204 g/mol. The fraction of sp³-hybridized carbons (Fsp3) is 1.00. The highest BCUT2D eigenvalue weighted by Gasteiger charge is 2.23. The predicted molar refractivity (Wildman–Crippen MR) is 59.9 cm³/mol. The summed E-state index contributed by atoms with van der Waals surface area (Å²) in [4.78, 5) is 0. The molecule has 0 amide bonds. The van der Waals surface area contributed by atoms with Crippen molar-refractivity contribution in [1.82, 2.24) is 0 Å². The number of unbranched alkanes of at least 4 members (excludes halogenated alkanes) is 1. The Hall–Kier alpha value is 0.137. The molecule has 0 aromatic carbocycles. The Morgan fingerprint density at radius 3 is 2.00 bits per heavy atom. The number of ether oxygens (including phenoxy) is 2. The summed E-state index contributed by atoms with van der Waals surface area (Å²) in [7, 11) is -0.249. The quantitative estimate of drug-likeness (QED) is 0.342. The Morgan fingerprint density at radius 2 is 1.62 bits per heavy atom. The second-order valence-corrected chi connectivity index (χ2v) is 5.95. The standard InChI is InChI=1S/C10H24O2Si/c1-5-8-9-13-10(4,11-6-2)12-7-3/h5-9,13H2,1-4H3. The Bertz CT molecular complexity index is 111. The van der Waals surface area contributed by atoms with Crippen LogP contribution in [0.1, 0.15) is 40.5 Å². The van der Waals surface area contributed by atoms with E-state index in [0.29, 0.717) is 0 Å².